The third kappa shape index (κ3) is 4.13. The maximum Gasteiger partial charge on any atom is 0.332 e. The van der Waals surface area contributed by atoms with Crippen LogP contribution in [0.2, 0.25) is 0 Å². The molecule has 0 amide bonds. The average Bonchev–Trinajstić information content (AvgIpc) is 3.10. The second-order valence-corrected chi connectivity index (χ2v) is 9.48. The van der Waals surface area contributed by atoms with Gasteiger partial charge in [-0.15, -0.1) is 0 Å². The fraction of sp³-hybridized carbons (Fsp3) is 0.571. The van der Waals surface area contributed by atoms with Gasteiger partial charge in [0.25, 0.3) is 5.56 Å². The number of aryl methyl sites for hydroxylation is 4. The molecule has 4 rings (SSSR count). The highest BCUT2D eigenvalue weighted by molar-refractivity contribution is 7.99. The number of anilines is 1. The van der Waals surface area contributed by atoms with Crippen molar-refractivity contribution in [2.45, 2.75) is 45.3 Å². The van der Waals surface area contributed by atoms with Gasteiger partial charge >= 0.3 is 5.69 Å². The van der Waals surface area contributed by atoms with Crippen molar-refractivity contribution >= 4 is 28.9 Å². The Morgan fingerprint density at radius 1 is 1.10 bits per heavy atom. The summed E-state index contributed by atoms with van der Waals surface area (Å²) < 4.78 is 4.60. The fourth-order valence-electron chi connectivity index (χ4n) is 4.25. The minimum atomic E-state index is -0.362. The Labute approximate surface area is 185 Å². The summed E-state index contributed by atoms with van der Waals surface area (Å²) in [5, 5.41) is 0.732. The van der Waals surface area contributed by atoms with Crippen molar-refractivity contribution < 1.29 is 0 Å². The number of hydrogen-bond acceptors (Lipinski definition) is 7. The maximum absolute atomic E-state index is 13.0. The van der Waals surface area contributed by atoms with Crippen LogP contribution in [0.25, 0.3) is 11.2 Å². The van der Waals surface area contributed by atoms with Crippen LogP contribution >= 0.6 is 11.8 Å². The Hall–Kier alpha value is -2.62. The molecule has 1 aliphatic heterocycles. The van der Waals surface area contributed by atoms with Gasteiger partial charge in [0, 0.05) is 50.9 Å². The minimum Gasteiger partial charge on any atom is -0.342 e. The third-order valence-electron chi connectivity index (χ3n) is 5.78. The van der Waals surface area contributed by atoms with E-state index in [1.165, 1.54) is 18.0 Å². The SMILES string of the molecule is Cc1cc(C)nc(SCCn2c(N3CCC[C@@H](C)C3)nc3c2c(=O)n(C)c(=O)n3C)n1. The van der Waals surface area contributed by atoms with Crippen LogP contribution < -0.4 is 16.1 Å². The average molecular weight is 444 g/mol. The molecular weight excluding hydrogens is 414 g/mol. The molecular formula is C21H29N7O2S. The van der Waals surface area contributed by atoms with Gasteiger partial charge in [0.05, 0.1) is 0 Å². The Bertz CT molecular complexity index is 1220. The number of thioether (sulfide) groups is 1. The zero-order valence-corrected chi connectivity index (χ0v) is 19.6. The molecule has 1 aliphatic rings. The number of nitrogens with zero attached hydrogens (tertiary/aromatic N) is 7. The number of rotatable bonds is 5. The van der Waals surface area contributed by atoms with E-state index in [1.54, 1.807) is 18.8 Å². The molecule has 10 heteroatoms. The lowest BCUT2D eigenvalue weighted by molar-refractivity contribution is 0.438. The standard InChI is InChI=1S/C21H29N7O2S/c1-13-7-6-8-27(12-13)20-24-17-16(18(29)26(5)21(30)25(17)4)28(20)9-10-31-19-22-14(2)11-15(3)23-19/h11,13H,6-10,12H2,1-5H3/t13-/m1/s1. The molecule has 3 aromatic heterocycles. The summed E-state index contributed by atoms with van der Waals surface area (Å²) in [6.45, 7) is 8.52. The first kappa shape index (κ1) is 21.6. The lowest BCUT2D eigenvalue weighted by Crippen LogP contribution is -2.38. The van der Waals surface area contributed by atoms with Crippen molar-refractivity contribution in [1.29, 1.82) is 0 Å². The zero-order valence-electron chi connectivity index (χ0n) is 18.8. The topological polar surface area (TPSA) is 90.8 Å². The summed E-state index contributed by atoms with van der Waals surface area (Å²) in [6, 6.07) is 1.95. The highest BCUT2D eigenvalue weighted by Gasteiger charge is 2.25. The van der Waals surface area contributed by atoms with Crippen molar-refractivity contribution in [2.75, 3.05) is 23.7 Å². The zero-order chi connectivity index (χ0) is 22.3. The van der Waals surface area contributed by atoms with Crippen molar-refractivity contribution in [1.82, 2.24) is 28.7 Å². The van der Waals surface area contributed by atoms with E-state index in [0.717, 1.165) is 46.6 Å². The van der Waals surface area contributed by atoms with Gasteiger partial charge in [-0.1, -0.05) is 18.7 Å². The van der Waals surface area contributed by atoms with E-state index in [1.807, 2.05) is 24.5 Å². The number of piperidine rings is 1. The number of fused-ring (bicyclic) bond motifs is 1. The Morgan fingerprint density at radius 3 is 2.48 bits per heavy atom. The van der Waals surface area contributed by atoms with Crippen LogP contribution in [0.15, 0.2) is 20.8 Å². The van der Waals surface area contributed by atoms with Gasteiger partial charge < -0.3 is 9.47 Å². The molecule has 0 unspecified atom stereocenters. The van der Waals surface area contributed by atoms with Gasteiger partial charge in [0.2, 0.25) is 5.95 Å². The van der Waals surface area contributed by atoms with E-state index in [9.17, 15) is 9.59 Å². The van der Waals surface area contributed by atoms with E-state index in [4.69, 9.17) is 4.98 Å². The van der Waals surface area contributed by atoms with Gasteiger partial charge in [-0.3, -0.25) is 13.9 Å². The summed E-state index contributed by atoms with van der Waals surface area (Å²) in [5.74, 6) is 2.02. The van der Waals surface area contributed by atoms with Crippen LogP contribution in [0.5, 0.6) is 0 Å². The van der Waals surface area contributed by atoms with E-state index < -0.39 is 0 Å². The summed E-state index contributed by atoms with van der Waals surface area (Å²) >= 11 is 1.56. The summed E-state index contributed by atoms with van der Waals surface area (Å²) in [4.78, 5) is 41.5. The molecule has 1 atom stereocenters. The van der Waals surface area contributed by atoms with Crippen molar-refractivity contribution in [3.05, 3.63) is 38.3 Å². The van der Waals surface area contributed by atoms with E-state index >= 15 is 0 Å². The van der Waals surface area contributed by atoms with E-state index in [-0.39, 0.29) is 11.2 Å². The lowest BCUT2D eigenvalue weighted by atomic mass is 10.0. The van der Waals surface area contributed by atoms with Crippen molar-refractivity contribution in [2.24, 2.45) is 20.0 Å². The summed E-state index contributed by atoms with van der Waals surface area (Å²) in [6.07, 6.45) is 2.28. The Balaban J connectivity index is 1.74. The predicted molar refractivity (Wildman–Crippen MR) is 123 cm³/mol. The molecule has 0 N–H and O–H groups in total. The molecule has 0 aliphatic carbocycles. The molecule has 0 spiro atoms. The largest absolute Gasteiger partial charge is 0.342 e. The van der Waals surface area contributed by atoms with Gasteiger partial charge in [-0.25, -0.2) is 14.8 Å². The van der Waals surface area contributed by atoms with Crippen LogP contribution in [-0.4, -0.2) is 47.5 Å². The molecule has 0 aromatic carbocycles. The van der Waals surface area contributed by atoms with Gasteiger partial charge in [0.15, 0.2) is 16.3 Å². The van der Waals surface area contributed by atoms with Crippen LogP contribution in [0.3, 0.4) is 0 Å². The van der Waals surface area contributed by atoms with Crippen LogP contribution in [0.1, 0.15) is 31.2 Å². The quantitative estimate of drug-likeness (QED) is 0.439. The second-order valence-electron chi connectivity index (χ2n) is 8.42. The Kier molecular flexibility index (Phi) is 5.92. The molecule has 1 fully saturated rings. The Morgan fingerprint density at radius 2 is 1.81 bits per heavy atom. The first-order valence-electron chi connectivity index (χ1n) is 10.6. The van der Waals surface area contributed by atoms with Gasteiger partial charge in [0.1, 0.15) is 0 Å². The van der Waals surface area contributed by atoms with Gasteiger partial charge in [-0.2, -0.15) is 4.98 Å². The molecule has 0 saturated carbocycles. The summed E-state index contributed by atoms with van der Waals surface area (Å²) in [5.41, 5.74) is 2.12. The van der Waals surface area contributed by atoms with Crippen molar-refractivity contribution in [3.63, 3.8) is 0 Å². The van der Waals surface area contributed by atoms with Crippen LogP contribution in [0.4, 0.5) is 5.95 Å². The predicted octanol–water partition coefficient (Wildman–Crippen LogP) is 1.87. The number of aromatic nitrogens is 6. The molecule has 0 radical (unpaired) electrons. The van der Waals surface area contributed by atoms with Gasteiger partial charge in [-0.05, 0) is 38.7 Å². The third-order valence-corrected chi connectivity index (χ3v) is 6.60. The highest BCUT2D eigenvalue weighted by atomic mass is 32.2. The van der Waals surface area contributed by atoms with E-state index in [2.05, 4.69) is 21.8 Å². The summed E-state index contributed by atoms with van der Waals surface area (Å²) in [7, 11) is 3.18. The normalized spacial score (nSPS) is 16.9. The molecule has 166 valence electrons. The molecule has 4 heterocycles. The first-order chi connectivity index (χ1) is 14.8. The number of imidazole rings is 1. The second kappa shape index (κ2) is 8.49. The molecule has 0 bridgehead atoms. The number of hydrogen-bond donors (Lipinski definition) is 0. The smallest absolute Gasteiger partial charge is 0.332 e. The van der Waals surface area contributed by atoms with Crippen molar-refractivity contribution in [3.8, 4) is 0 Å². The molecule has 31 heavy (non-hydrogen) atoms. The molecule has 1 saturated heterocycles. The lowest BCUT2D eigenvalue weighted by Gasteiger charge is -2.32. The van der Waals surface area contributed by atoms with E-state index in [0.29, 0.717) is 29.4 Å². The maximum atomic E-state index is 13.0. The minimum absolute atomic E-state index is 0.311. The molecule has 3 aromatic rings. The van der Waals surface area contributed by atoms with Crippen LogP contribution in [-0.2, 0) is 20.6 Å². The monoisotopic (exact) mass is 443 g/mol. The molecule has 9 nitrogen and oxygen atoms in total. The first-order valence-corrected chi connectivity index (χ1v) is 11.6. The fourth-order valence-corrected chi connectivity index (χ4v) is 5.12. The van der Waals surface area contributed by atoms with Crippen LogP contribution in [0, 0.1) is 19.8 Å². The highest BCUT2D eigenvalue weighted by Crippen LogP contribution is 2.26.